The van der Waals surface area contributed by atoms with Crippen molar-refractivity contribution in [2.45, 2.75) is 6.42 Å². The average molecular weight is 300 g/mol. The van der Waals surface area contributed by atoms with E-state index in [0.717, 1.165) is 49.6 Å². The maximum Gasteiger partial charge on any atom is 0.0639 e. The topological polar surface area (TPSA) is 30.5 Å². The molecule has 17 heavy (non-hydrogen) atoms. The van der Waals surface area contributed by atoms with Crippen molar-refractivity contribution in [2.24, 2.45) is 5.92 Å². The van der Waals surface area contributed by atoms with E-state index < -0.39 is 0 Å². The van der Waals surface area contributed by atoms with Gasteiger partial charge in [0.25, 0.3) is 0 Å². The molecule has 1 aromatic rings. The highest BCUT2D eigenvalue weighted by atomic mass is 79.9. The van der Waals surface area contributed by atoms with Crippen LogP contribution in [0.1, 0.15) is 6.42 Å². The van der Waals surface area contributed by atoms with Gasteiger partial charge in [0.05, 0.1) is 19.8 Å². The molecule has 1 aromatic carbocycles. The van der Waals surface area contributed by atoms with Gasteiger partial charge in [-0.3, -0.25) is 0 Å². The molecule has 1 heterocycles. The summed E-state index contributed by atoms with van der Waals surface area (Å²) in [6, 6.07) is 8.15. The van der Waals surface area contributed by atoms with Crippen LogP contribution < -0.4 is 5.32 Å². The summed E-state index contributed by atoms with van der Waals surface area (Å²) in [6.45, 7) is 4.16. The highest BCUT2D eigenvalue weighted by Crippen LogP contribution is 2.14. The minimum atomic E-state index is 0.600. The molecule has 0 aromatic heterocycles. The normalized spacial score (nSPS) is 19.5. The molecule has 0 amide bonds. The van der Waals surface area contributed by atoms with Gasteiger partial charge in [-0.1, -0.05) is 15.9 Å². The Balaban J connectivity index is 1.55. The van der Waals surface area contributed by atoms with Crippen molar-refractivity contribution in [3.8, 4) is 0 Å². The van der Waals surface area contributed by atoms with Gasteiger partial charge in [0.15, 0.2) is 0 Å². The highest BCUT2D eigenvalue weighted by molar-refractivity contribution is 9.10. The maximum atomic E-state index is 5.61. The molecule has 1 fully saturated rings. The van der Waals surface area contributed by atoms with Crippen molar-refractivity contribution in [3.63, 3.8) is 0 Å². The van der Waals surface area contributed by atoms with Gasteiger partial charge < -0.3 is 14.8 Å². The first-order chi connectivity index (χ1) is 8.34. The zero-order chi connectivity index (χ0) is 11.9. The van der Waals surface area contributed by atoms with Crippen LogP contribution in [0.4, 0.5) is 5.69 Å². The summed E-state index contributed by atoms with van der Waals surface area (Å²) in [5.74, 6) is 0.600. The second-order valence-corrected chi connectivity index (χ2v) is 5.15. The zero-order valence-electron chi connectivity index (χ0n) is 9.82. The molecule has 0 spiro atoms. The number of ether oxygens (including phenoxy) is 2. The number of hydrogen-bond acceptors (Lipinski definition) is 3. The highest BCUT2D eigenvalue weighted by Gasteiger charge is 2.14. The first kappa shape index (κ1) is 12.9. The zero-order valence-corrected chi connectivity index (χ0v) is 11.4. The molecule has 1 unspecified atom stereocenters. The van der Waals surface area contributed by atoms with Gasteiger partial charge in [0, 0.05) is 29.2 Å². The third-order valence-corrected chi connectivity index (χ3v) is 3.33. The average Bonchev–Trinajstić information content (AvgIpc) is 2.84. The fourth-order valence-corrected chi connectivity index (χ4v) is 2.06. The Morgan fingerprint density at radius 3 is 2.88 bits per heavy atom. The largest absolute Gasteiger partial charge is 0.383 e. The quantitative estimate of drug-likeness (QED) is 0.819. The number of halogens is 1. The molecule has 1 atom stereocenters. The third-order valence-electron chi connectivity index (χ3n) is 2.80. The Bertz CT molecular complexity index is 323. The molecule has 0 radical (unpaired) electrons. The molecular formula is C13H18BrNO2. The SMILES string of the molecule is Brc1ccc(NCCOCC2CCOC2)cc1. The molecule has 1 aliphatic rings. The predicted octanol–water partition coefficient (Wildman–Crippen LogP) is 2.91. The van der Waals surface area contributed by atoms with Crippen LogP contribution in [0.15, 0.2) is 28.7 Å². The Kier molecular flexibility index (Phi) is 5.29. The summed E-state index contributed by atoms with van der Waals surface area (Å²) in [5.41, 5.74) is 1.13. The van der Waals surface area contributed by atoms with E-state index in [4.69, 9.17) is 9.47 Å². The summed E-state index contributed by atoms with van der Waals surface area (Å²) in [6.07, 6.45) is 1.14. The van der Waals surface area contributed by atoms with Crippen LogP contribution in [0.2, 0.25) is 0 Å². The Morgan fingerprint density at radius 1 is 1.35 bits per heavy atom. The smallest absolute Gasteiger partial charge is 0.0639 e. The van der Waals surface area contributed by atoms with Gasteiger partial charge in [0.2, 0.25) is 0 Å². The first-order valence-corrected chi connectivity index (χ1v) is 6.79. The molecule has 0 bridgehead atoms. The molecule has 1 aliphatic heterocycles. The van der Waals surface area contributed by atoms with Crippen LogP contribution >= 0.6 is 15.9 Å². The van der Waals surface area contributed by atoms with Crippen molar-refractivity contribution < 1.29 is 9.47 Å². The van der Waals surface area contributed by atoms with Crippen LogP contribution in [-0.2, 0) is 9.47 Å². The molecule has 3 nitrogen and oxygen atoms in total. The van der Waals surface area contributed by atoms with Gasteiger partial charge in [-0.05, 0) is 30.7 Å². The van der Waals surface area contributed by atoms with Gasteiger partial charge in [-0.15, -0.1) is 0 Å². The van der Waals surface area contributed by atoms with E-state index in [-0.39, 0.29) is 0 Å². The molecule has 0 aliphatic carbocycles. The number of anilines is 1. The molecule has 1 saturated heterocycles. The molecule has 0 saturated carbocycles. The van der Waals surface area contributed by atoms with Gasteiger partial charge in [0.1, 0.15) is 0 Å². The Hall–Kier alpha value is -0.580. The van der Waals surface area contributed by atoms with Crippen LogP contribution in [0.3, 0.4) is 0 Å². The summed E-state index contributed by atoms with van der Waals surface area (Å²) >= 11 is 3.41. The van der Waals surface area contributed by atoms with Crippen molar-refractivity contribution in [1.82, 2.24) is 0 Å². The number of hydrogen-bond donors (Lipinski definition) is 1. The van der Waals surface area contributed by atoms with E-state index >= 15 is 0 Å². The van der Waals surface area contributed by atoms with Crippen molar-refractivity contribution in [3.05, 3.63) is 28.7 Å². The van der Waals surface area contributed by atoms with Gasteiger partial charge in [-0.25, -0.2) is 0 Å². The summed E-state index contributed by atoms with van der Waals surface area (Å²) < 4.78 is 12.0. The molecule has 1 N–H and O–H groups in total. The van der Waals surface area contributed by atoms with E-state index in [1.165, 1.54) is 0 Å². The standard InChI is InChI=1S/C13H18BrNO2/c14-12-1-3-13(4-2-12)15-6-8-17-10-11-5-7-16-9-11/h1-4,11,15H,5-10H2. The van der Waals surface area contributed by atoms with E-state index in [9.17, 15) is 0 Å². The van der Waals surface area contributed by atoms with E-state index in [1.807, 2.05) is 12.1 Å². The van der Waals surface area contributed by atoms with Crippen molar-refractivity contribution in [2.75, 3.05) is 38.3 Å². The lowest BCUT2D eigenvalue weighted by Gasteiger charge is -2.10. The first-order valence-electron chi connectivity index (χ1n) is 5.99. The monoisotopic (exact) mass is 299 g/mol. The molecule has 94 valence electrons. The van der Waals surface area contributed by atoms with Crippen LogP contribution in [0.5, 0.6) is 0 Å². The lowest BCUT2D eigenvalue weighted by molar-refractivity contribution is 0.0965. The maximum absolute atomic E-state index is 5.61. The lowest BCUT2D eigenvalue weighted by atomic mass is 10.1. The van der Waals surface area contributed by atoms with Crippen LogP contribution in [-0.4, -0.2) is 33.0 Å². The van der Waals surface area contributed by atoms with Crippen molar-refractivity contribution >= 4 is 21.6 Å². The number of benzene rings is 1. The fraction of sp³-hybridized carbons (Fsp3) is 0.538. The minimum Gasteiger partial charge on any atom is -0.383 e. The van der Waals surface area contributed by atoms with Crippen LogP contribution in [0, 0.1) is 5.92 Å². The van der Waals surface area contributed by atoms with E-state index in [0.29, 0.717) is 5.92 Å². The van der Waals surface area contributed by atoms with Gasteiger partial charge >= 0.3 is 0 Å². The summed E-state index contributed by atoms with van der Waals surface area (Å²) in [7, 11) is 0. The Morgan fingerprint density at radius 2 is 2.18 bits per heavy atom. The second kappa shape index (κ2) is 6.99. The van der Waals surface area contributed by atoms with Crippen LogP contribution in [0.25, 0.3) is 0 Å². The molecule has 4 heteroatoms. The van der Waals surface area contributed by atoms with E-state index in [2.05, 4.69) is 33.4 Å². The Labute approximate surface area is 111 Å². The van der Waals surface area contributed by atoms with Gasteiger partial charge in [-0.2, -0.15) is 0 Å². The second-order valence-electron chi connectivity index (χ2n) is 4.24. The molecule has 2 rings (SSSR count). The summed E-state index contributed by atoms with van der Waals surface area (Å²) in [4.78, 5) is 0. The third kappa shape index (κ3) is 4.66. The predicted molar refractivity (Wildman–Crippen MR) is 72.4 cm³/mol. The molecular weight excluding hydrogens is 282 g/mol. The number of rotatable bonds is 6. The number of nitrogens with one attached hydrogen (secondary N) is 1. The van der Waals surface area contributed by atoms with E-state index in [1.54, 1.807) is 0 Å². The lowest BCUT2D eigenvalue weighted by Crippen LogP contribution is -2.14. The minimum absolute atomic E-state index is 0.600. The summed E-state index contributed by atoms with van der Waals surface area (Å²) in [5, 5.41) is 3.32. The van der Waals surface area contributed by atoms with Crippen molar-refractivity contribution in [1.29, 1.82) is 0 Å². The fourth-order valence-electron chi connectivity index (χ4n) is 1.80.